The van der Waals surface area contributed by atoms with Gasteiger partial charge in [-0.1, -0.05) is 60.7 Å². The Morgan fingerprint density at radius 1 is 0.913 bits per heavy atom. The fourth-order valence-electron chi connectivity index (χ4n) is 2.23. The molecule has 0 aliphatic rings. The summed E-state index contributed by atoms with van der Waals surface area (Å²) >= 11 is 0. The van der Waals surface area contributed by atoms with Crippen molar-refractivity contribution in [1.29, 1.82) is 0 Å². The Balaban J connectivity index is 2.30. The Morgan fingerprint density at radius 3 is 1.74 bits per heavy atom. The zero-order valence-electron chi connectivity index (χ0n) is 12.2. The smallest absolute Gasteiger partial charge is 0.372 e. The Bertz CT molecular complexity index is 602. The van der Waals surface area contributed by atoms with Gasteiger partial charge >= 0.3 is 6.18 Å². The molecule has 1 amide bonds. The summed E-state index contributed by atoms with van der Waals surface area (Å²) < 4.78 is 36.7. The summed E-state index contributed by atoms with van der Waals surface area (Å²) in [6.45, 7) is -0.593. The van der Waals surface area contributed by atoms with Gasteiger partial charge in [-0.15, -0.1) is 0 Å². The minimum absolute atomic E-state index is 0.288. The molecule has 2 N–H and O–H groups in total. The van der Waals surface area contributed by atoms with Gasteiger partial charge in [-0.25, -0.2) is 0 Å². The van der Waals surface area contributed by atoms with E-state index in [2.05, 4.69) is 5.32 Å². The fourth-order valence-corrected chi connectivity index (χ4v) is 2.23. The molecular weight excluding hydrogens is 307 g/mol. The number of nitrogens with one attached hydrogen (secondary N) is 1. The van der Waals surface area contributed by atoms with Crippen LogP contribution in [0.2, 0.25) is 0 Å². The average Bonchev–Trinajstić information content (AvgIpc) is 2.54. The summed E-state index contributed by atoms with van der Waals surface area (Å²) in [6, 6.07) is 16.2. The zero-order chi connectivity index (χ0) is 16.9. The highest BCUT2D eigenvalue weighted by Crippen LogP contribution is 2.30. The van der Waals surface area contributed by atoms with E-state index in [1.165, 1.54) is 0 Å². The predicted octanol–water partition coefficient (Wildman–Crippen LogP) is 2.99. The van der Waals surface area contributed by atoms with E-state index in [1.807, 2.05) is 0 Å². The maximum atomic E-state index is 12.4. The first kappa shape index (κ1) is 17.0. The third-order valence-corrected chi connectivity index (χ3v) is 3.41. The van der Waals surface area contributed by atoms with E-state index in [1.54, 1.807) is 60.7 Å². The molecule has 0 aliphatic heterocycles. The lowest BCUT2D eigenvalue weighted by Gasteiger charge is -2.28. The van der Waals surface area contributed by atoms with Crippen LogP contribution in [0.5, 0.6) is 0 Å². The van der Waals surface area contributed by atoms with Crippen LogP contribution in [0, 0.1) is 0 Å². The van der Waals surface area contributed by atoms with Crippen LogP contribution < -0.4 is 5.32 Å². The number of hydrogen-bond donors (Lipinski definition) is 2. The van der Waals surface area contributed by atoms with Crippen LogP contribution in [0.3, 0.4) is 0 Å². The number of carbonyl (C=O) groups excluding carboxylic acids is 1. The maximum Gasteiger partial charge on any atom is 0.390 e. The number of benzene rings is 2. The zero-order valence-corrected chi connectivity index (χ0v) is 12.2. The van der Waals surface area contributed by atoms with Crippen molar-refractivity contribution in [3.8, 4) is 0 Å². The van der Waals surface area contributed by atoms with Crippen LogP contribution in [0.1, 0.15) is 17.5 Å². The van der Waals surface area contributed by atoms with Crippen LogP contribution in [-0.2, 0) is 10.4 Å². The Labute approximate surface area is 131 Å². The highest BCUT2D eigenvalue weighted by atomic mass is 19.4. The number of rotatable bonds is 5. The highest BCUT2D eigenvalue weighted by molar-refractivity contribution is 5.90. The predicted molar refractivity (Wildman–Crippen MR) is 79.6 cm³/mol. The monoisotopic (exact) mass is 323 g/mol. The normalized spacial score (nSPS) is 12.0. The second kappa shape index (κ2) is 6.83. The number of halogens is 3. The highest BCUT2D eigenvalue weighted by Gasteiger charge is 2.40. The molecule has 0 unspecified atom stereocenters. The van der Waals surface area contributed by atoms with Gasteiger partial charge in [0.1, 0.15) is 0 Å². The summed E-state index contributed by atoms with van der Waals surface area (Å²) in [7, 11) is 0. The molecule has 0 aromatic heterocycles. The molecule has 2 aromatic rings. The van der Waals surface area contributed by atoms with Gasteiger partial charge in [-0.3, -0.25) is 4.79 Å². The van der Waals surface area contributed by atoms with E-state index in [0.29, 0.717) is 0 Å². The first-order valence-corrected chi connectivity index (χ1v) is 7.02. The molecule has 0 heterocycles. The molecule has 0 bridgehead atoms. The molecule has 122 valence electrons. The van der Waals surface area contributed by atoms with Gasteiger partial charge in [-0.05, 0) is 11.1 Å². The van der Waals surface area contributed by atoms with E-state index < -0.39 is 30.7 Å². The number of alkyl halides is 3. The molecule has 0 aliphatic carbocycles. The quantitative estimate of drug-likeness (QED) is 0.889. The molecule has 0 fully saturated rings. The van der Waals surface area contributed by atoms with E-state index in [4.69, 9.17) is 0 Å². The Kier molecular flexibility index (Phi) is 5.05. The lowest BCUT2D eigenvalue weighted by Crippen LogP contribution is -2.46. The molecule has 23 heavy (non-hydrogen) atoms. The van der Waals surface area contributed by atoms with Crippen LogP contribution in [0.25, 0.3) is 0 Å². The first-order chi connectivity index (χ1) is 10.8. The van der Waals surface area contributed by atoms with Crippen molar-refractivity contribution >= 4 is 5.91 Å². The van der Waals surface area contributed by atoms with Gasteiger partial charge in [0.15, 0.2) is 5.60 Å². The molecule has 0 saturated heterocycles. The summed E-state index contributed by atoms with van der Waals surface area (Å²) in [4.78, 5) is 12.4. The topological polar surface area (TPSA) is 49.3 Å². The van der Waals surface area contributed by atoms with Crippen LogP contribution in [-0.4, -0.2) is 23.7 Å². The fraction of sp³-hybridized carbons (Fsp3) is 0.235. The molecule has 2 rings (SSSR count). The summed E-state index contributed by atoms with van der Waals surface area (Å²) in [6.07, 6.45) is -5.52. The molecular formula is C17H16F3NO2. The van der Waals surface area contributed by atoms with Gasteiger partial charge in [0.25, 0.3) is 5.91 Å². The molecule has 0 atom stereocenters. The van der Waals surface area contributed by atoms with E-state index >= 15 is 0 Å². The number of hydrogen-bond acceptors (Lipinski definition) is 2. The third-order valence-electron chi connectivity index (χ3n) is 3.41. The van der Waals surface area contributed by atoms with E-state index in [-0.39, 0.29) is 11.1 Å². The Morgan fingerprint density at radius 2 is 1.35 bits per heavy atom. The van der Waals surface area contributed by atoms with Crippen molar-refractivity contribution in [2.45, 2.75) is 18.2 Å². The van der Waals surface area contributed by atoms with Gasteiger partial charge in [-0.2, -0.15) is 13.2 Å². The second-order valence-electron chi connectivity index (χ2n) is 5.06. The first-order valence-electron chi connectivity index (χ1n) is 7.02. The lowest BCUT2D eigenvalue weighted by molar-refractivity contribution is -0.142. The average molecular weight is 323 g/mol. The lowest BCUT2D eigenvalue weighted by atomic mass is 9.85. The Hall–Kier alpha value is -2.34. The number of amides is 1. The van der Waals surface area contributed by atoms with Crippen molar-refractivity contribution in [2.24, 2.45) is 0 Å². The van der Waals surface area contributed by atoms with E-state index in [0.717, 1.165) is 0 Å². The molecule has 0 radical (unpaired) electrons. The van der Waals surface area contributed by atoms with Crippen LogP contribution in [0.15, 0.2) is 60.7 Å². The maximum absolute atomic E-state index is 12.4. The van der Waals surface area contributed by atoms with Crippen molar-refractivity contribution in [3.05, 3.63) is 71.8 Å². The van der Waals surface area contributed by atoms with E-state index in [9.17, 15) is 23.1 Å². The van der Waals surface area contributed by atoms with Crippen molar-refractivity contribution < 1.29 is 23.1 Å². The van der Waals surface area contributed by atoms with Crippen LogP contribution in [0.4, 0.5) is 13.2 Å². The summed E-state index contributed by atoms with van der Waals surface area (Å²) in [5, 5.41) is 13.1. The van der Waals surface area contributed by atoms with Gasteiger partial charge in [0.2, 0.25) is 0 Å². The summed E-state index contributed by atoms with van der Waals surface area (Å²) in [5.74, 6) is -0.890. The second-order valence-corrected chi connectivity index (χ2v) is 5.06. The molecule has 3 nitrogen and oxygen atoms in total. The SMILES string of the molecule is O=C(NCCC(F)(F)F)C(O)(c1ccccc1)c1ccccc1. The van der Waals surface area contributed by atoms with Gasteiger partial charge in [0.05, 0.1) is 6.42 Å². The minimum Gasteiger partial charge on any atom is -0.372 e. The molecule has 2 aromatic carbocycles. The third kappa shape index (κ3) is 4.10. The largest absolute Gasteiger partial charge is 0.390 e. The standard InChI is InChI=1S/C17H16F3NO2/c18-16(19,20)11-12-21-15(22)17(23,13-7-3-1-4-8-13)14-9-5-2-6-10-14/h1-10,23H,11-12H2,(H,21,22). The van der Waals surface area contributed by atoms with Crippen molar-refractivity contribution in [3.63, 3.8) is 0 Å². The van der Waals surface area contributed by atoms with Crippen molar-refractivity contribution in [2.75, 3.05) is 6.54 Å². The van der Waals surface area contributed by atoms with Gasteiger partial charge in [0, 0.05) is 6.54 Å². The van der Waals surface area contributed by atoms with Crippen LogP contribution >= 0.6 is 0 Å². The van der Waals surface area contributed by atoms with Crippen molar-refractivity contribution in [1.82, 2.24) is 5.32 Å². The number of carbonyl (C=O) groups is 1. The number of aliphatic hydroxyl groups is 1. The molecule has 0 spiro atoms. The molecule has 0 saturated carbocycles. The summed E-state index contributed by atoms with van der Waals surface area (Å²) in [5.41, 5.74) is -1.47. The van der Waals surface area contributed by atoms with Gasteiger partial charge < -0.3 is 10.4 Å². The minimum atomic E-state index is -4.37. The molecule has 6 heteroatoms.